The Kier molecular flexibility index (Phi) is 7.07. The zero-order valence-electron chi connectivity index (χ0n) is 20.3. The first kappa shape index (κ1) is 24.9. The van der Waals surface area contributed by atoms with Crippen LogP contribution in [0.1, 0.15) is 21.5 Å². The molecule has 9 heteroatoms. The number of hydrogen-bond acceptors (Lipinski definition) is 8. The Balaban J connectivity index is 1.60. The van der Waals surface area contributed by atoms with Crippen molar-refractivity contribution in [3.63, 3.8) is 0 Å². The van der Waals surface area contributed by atoms with E-state index < -0.39 is 5.97 Å². The van der Waals surface area contributed by atoms with Crippen LogP contribution in [-0.4, -0.2) is 27.3 Å². The molecule has 4 aromatic rings. The molecular weight excluding hydrogens is 488 g/mol. The molecule has 0 aliphatic rings. The number of fused-ring (bicyclic) bond motifs is 1. The number of esters is 1. The summed E-state index contributed by atoms with van der Waals surface area (Å²) in [6, 6.07) is 10.9. The topological polar surface area (TPSA) is 93.4 Å². The Morgan fingerprint density at radius 2 is 1.47 bits per heavy atom. The maximum absolute atomic E-state index is 13.0. The molecular formula is C27H23ClO8. The van der Waals surface area contributed by atoms with Crippen LogP contribution in [0.15, 0.2) is 57.9 Å². The number of benzene rings is 3. The number of hydrogen-bond donors (Lipinski definition) is 0. The van der Waals surface area contributed by atoms with E-state index in [0.29, 0.717) is 28.0 Å². The largest absolute Gasteiger partial charge is 0.493 e. The van der Waals surface area contributed by atoms with Gasteiger partial charge in [-0.05, 0) is 61.4 Å². The van der Waals surface area contributed by atoms with Gasteiger partial charge in [0.25, 0.3) is 0 Å². The summed E-state index contributed by atoms with van der Waals surface area (Å²) in [4.78, 5) is 25.8. The zero-order chi connectivity index (χ0) is 26.0. The van der Waals surface area contributed by atoms with Gasteiger partial charge in [-0.25, -0.2) is 4.79 Å². The SMILES string of the molecule is COc1cc(C(=O)Oc2ccc3c(=O)c(Oc4cc(C)c(Cl)c(C)c4)coc3c2)cc(OC)c1OC. The van der Waals surface area contributed by atoms with Crippen molar-refractivity contribution in [3.8, 4) is 34.5 Å². The Hall–Kier alpha value is -4.17. The molecule has 36 heavy (non-hydrogen) atoms. The van der Waals surface area contributed by atoms with E-state index >= 15 is 0 Å². The van der Waals surface area contributed by atoms with Crippen LogP contribution in [0.4, 0.5) is 0 Å². The van der Waals surface area contributed by atoms with E-state index in [1.807, 2.05) is 13.8 Å². The van der Waals surface area contributed by atoms with Crippen LogP contribution in [0.2, 0.25) is 5.02 Å². The molecule has 3 aromatic carbocycles. The third-order valence-corrected chi connectivity index (χ3v) is 6.06. The molecule has 0 aliphatic heterocycles. The molecule has 0 aliphatic carbocycles. The Labute approximate surface area is 211 Å². The van der Waals surface area contributed by atoms with Crippen molar-refractivity contribution >= 4 is 28.5 Å². The molecule has 0 unspecified atom stereocenters. The Morgan fingerprint density at radius 1 is 0.833 bits per heavy atom. The molecule has 0 amide bonds. The molecule has 0 saturated heterocycles. The van der Waals surface area contributed by atoms with Gasteiger partial charge in [0.2, 0.25) is 16.9 Å². The fourth-order valence-electron chi connectivity index (χ4n) is 3.68. The monoisotopic (exact) mass is 510 g/mol. The van der Waals surface area contributed by atoms with E-state index in [-0.39, 0.29) is 33.5 Å². The van der Waals surface area contributed by atoms with Crippen molar-refractivity contribution in [2.75, 3.05) is 21.3 Å². The van der Waals surface area contributed by atoms with Crippen LogP contribution >= 0.6 is 11.6 Å². The van der Waals surface area contributed by atoms with E-state index in [2.05, 4.69) is 0 Å². The van der Waals surface area contributed by atoms with Crippen LogP contribution in [0, 0.1) is 13.8 Å². The number of carbonyl (C=O) groups is 1. The minimum absolute atomic E-state index is 0.0193. The lowest BCUT2D eigenvalue weighted by molar-refractivity contribution is 0.0734. The highest BCUT2D eigenvalue weighted by Gasteiger charge is 2.19. The lowest BCUT2D eigenvalue weighted by Gasteiger charge is -2.13. The predicted molar refractivity (Wildman–Crippen MR) is 135 cm³/mol. The van der Waals surface area contributed by atoms with Crippen molar-refractivity contribution in [2.45, 2.75) is 13.8 Å². The number of methoxy groups -OCH3 is 3. The summed E-state index contributed by atoms with van der Waals surface area (Å²) in [5.41, 5.74) is 1.70. The van der Waals surface area contributed by atoms with Crippen LogP contribution < -0.4 is 29.1 Å². The van der Waals surface area contributed by atoms with Gasteiger partial charge in [0.05, 0.1) is 32.3 Å². The minimum atomic E-state index is -0.663. The average molecular weight is 511 g/mol. The normalized spacial score (nSPS) is 10.7. The molecule has 0 atom stereocenters. The standard InChI is InChI=1S/C27H23ClO8/c1-14-8-18(9-15(2)24(14)28)35-23-13-34-20-12-17(6-7-19(20)25(23)29)36-27(30)16-10-21(31-3)26(33-5)22(11-16)32-4/h6-13H,1-5H3. The van der Waals surface area contributed by atoms with Crippen LogP contribution in [0.3, 0.4) is 0 Å². The highest BCUT2D eigenvalue weighted by atomic mass is 35.5. The molecule has 8 nitrogen and oxygen atoms in total. The molecule has 0 spiro atoms. The van der Waals surface area contributed by atoms with E-state index in [1.165, 1.54) is 57.9 Å². The van der Waals surface area contributed by atoms with E-state index in [1.54, 1.807) is 12.1 Å². The summed E-state index contributed by atoms with van der Waals surface area (Å²) in [6.45, 7) is 3.71. The van der Waals surface area contributed by atoms with Gasteiger partial charge in [0.1, 0.15) is 23.3 Å². The van der Waals surface area contributed by atoms with Gasteiger partial charge in [-0.15, -0.1) is 0 Å². The Morgan fingerprint density at radius 3 is 2.06 bits per heavy atom. The van der Waals surface area contributed by atoms with Crippen molar-refractivity contribution < 1.29 is 32.9 Å². The number of ether oxygens (including phenoxy) is 5. The fourth-order valence-corrected chi connectivity index (χ4v) is 3.79. The van der Waals surface area contributed by atoms with Gasteiger partial charge in [-0.2, -0.15) is 0 Å². The lowest BCUT2D eigenvalue weighted by Crippen LogP contribution is -2.10. The predicted octanol–water partition coefficient (Wildman–Crippen LogP) is 6.10. The quantitative estimate of drug-likeness (QED) is 0.217. The third kappa shape index (κ3) is 4.81. The van der Waals surface area contributed by atoms with Crippen molar-refractivity contribution in [2.24, 2.45) is 0 Å². The molecule has 0 saturated carbocycles. The van der Waals surface area contributed by atoms with Crippen LogP contribution in [-0.2, 0) is 0 Å². The smallest absolute Gasteiger partial charge is 0.343 e. The molecule has 1 heterocycles. The van der Waals surface area contributed by atoms with Gasteiger partial charge in [-0.1, -0.05) is 11.6 Å². The van der Waals surface area contributed by atoms with Crippen molar-refractivity contribution in [1.82, 2.24) is 0 Å². The van der Waals surface area contributed by atoms with Crippen LogP contribution in [0.5, 0.6) is 34.5 Å². The van der Waals surface area contributed by atoms with Gasteiger partial charge in [-0.3, -0.25) is 4.79 Å². The summed E-state index contributed by atoms with van der Waals surface area (Å²) in [5.74, 6) is 0.985. The summed E-state index contributed by atoms with van der Waals surface area (Å²) in [5, 5.41) is 0.906. The summed E-state index contributed by atoms with van der Waals surface area (Å²) in [6.07, 6.45) is 1.22. The average Bonchev–Trinajstić information content (AvgIpc) is 2.87. The molecule has 4 rings (SSSR count). The van der Waals surface area contributed by atoms with E-state index in [4.69, 9.17) is 39.7 Å². The second-order valence-electron chi connectivity index (χ2n) is 7.86. The summed E-state index contributed by atoms with van der Waals surface area (Å²) >= 11 is 6.21. The highest BCUT2D eigenvalue weighted by molar-refractivity contribution is 6.32. The van der Waals surface area contributed by atoms with E-state index in [0.717, 1.165) is 11.1 Å². The first-order valence-electron chi connectivity index (χ1n) is 10.8. The molecule has 1 aromatic heterocycles. The number of carbonyl (C=O) groups excluding carboxylic acids is 1. The molecule has 0 radical (unpaired) electrons. The lowest BCUT2D eigenvalue weighted by atomic mass is 10.1. The molecule has 0 bridgehead atoms. The zero-order valence-corrected chi connectivity index (χ0v) is 21.0. The number of halogens is 1. The van der Waals surface area contributed by atoms with Gasteiger partial charge in [0, 0.05) is 11.1 Å². The third-order valence-electron chi connectivity index (χ3n) is 5.46. The second-order valence-corrected chi connectivity index (χ2v) is 8.24. The van der Waals surface area contributed by atoms with Gasteiger partial charge in [0.15, 0.2) is 11.5 Å². The van der Waals surface area contributed by atoms with E-state index in [9.17, 15) is 9.59 Å². The molecule has 0 N–H and O–H groups in total. The Bertz CT molecular complexity index is 1470. The number of rotatable bonds is 7. The van der Waals surface area contributed by atoms with Crippen molar-refractivity contribution in [3.05, 3.63) is 80.7 Å². The maximum Gasteiger partial charge on any atom is 0.343 e. The van der Waals surface area contributed by atoms with Gasteiger partial charge >= 0.3 is 5.97 Å². The fraction of sp³-hybridized carbons (Fsp3) is 0.185. The van der Waals surface area contributed by atoms with Crippen molar-refractivity contribution in [1.29, 1.82) is 0 Å². The molecule has 0 fully saturated rings. The first-order chi connectivity index (χ1) is 17.2. The second kappa shape index (κ2) is 10.2. The highest BCUT2D eigenvalue weighted by Crippen LogP contribution is 2.38. The molecule has 186 valence electrons. The van der Waals surface area contributed by atoms with Gasteiger partial charge < -0.3 is 28.1 Å². The maximum atomic E-state index is 13.0. The summed E-state index contributed by atoms with van der Waals surface area (Å²) < 4.78 is 32.7. The summed E-state index contributed by atoms with van der Waals surface area (Å²) in [7, 11) is 4.37. The number of aryl methyl sites for hydroxylation is 2. The van der Waals surface area contributed by atoms with Crippen LogP contribution in [0.25, 0.3) is 11.0 Å². The minimum Gasteiger partial charge on any atom is -0.493 e. The first-order valence-corrected chi connectivity index (χ1v) is 11.2.